The monoisotopic (exact) mass is 441 g/mol. The van der Waals surface area contributed by atoms with Crippen LogP contribution in [0, 0.1) is 19.8 Å². The third-order valence-corrected chi connectivity index (χ3v) is 3.68. The van der Waals surface area contributed by atoms with Crippen molar-refractivity contribution in [2.24, 2.45) is 16.6 Å². The van der Waals surface area contributed by atoms with Crippen LogP contribution < -0.4 is 11.1 Å². The van der Waals surface area contributed by atoms with Crippen molar-refractivity contribution in [1.82, 2.24) is 15.1 Å². The molecule has 0 unspecified atom stereocenters. The van der Waals surface area contributed by atoms with Gasteiger partial charge in [-0.3, -0.25) is 0 Å². The number of para-hydroxylation sites is 1. The Bertz CT molecular complexity index is 676. The third-order valence-electron chi connectivity index (χ3n) is 3.68. The summed E-state index contributed by atoms with van der Waals surface area (Å²) in [5.74, 6) is 1.15. The predicted octanol–water partition coefficient (Wildman–Crippen LogP) is 3.56. The molecule has 1 heterocycles. The van der Waals surface area contributed by atoms with Crippen LogP contribution >= 0.6 is 24.0 Å². The van der Waals surface area contributed by atoms with Crippen LogP contribution in [0.25, 0.3) is 5.69 Å². The fourth-order valence-electron chi connectivity index (χ4n) is 2.44. The second-order valence-electron chi connectivity index (χ2n) is 6.28. The van der Waals surface area contributed by atoms with Gasteiger partial charge in [-0.25, -0.2) is 9.67 Å². The molecule has 0 spiro atoms. The Morgan fingerprint density at radius 1 is 1.29 bits per heavy atom. The zero-order valence-corrected chi connectivity index (χ0v) is 17.2. The summed E-state index contributed by atoms with van der Waals surface area (Å²) >= 11 is 0. The number of aliphatic imine (C=N–C) groups is 1. The summed E-state index contributed by atoms with van der Waals surface area (Å²) in [6.45, 7) is 9.84. The molecule has 24 heavy (non-hydrogen) atoms. The summed E-state index contributed by atoms with van der Waals surface area (Å²) in [5, 5.41) is 7.72. The number of hydrogen-bond donors (Lipinski definition) is 2. The van der Waals surface area contributed by atoms with Gasteiger partial charge < -0.3 is 11.1 Å². The molecule has 0 radical (unpaired) electrons. The number of hydrogen-bond acceptors (Lipinski definition) is 2. The van der Waals surface area contributed by atoms with Gasteiger partial charge >= 0.3 is 0 Å². The lowest BCUT2D eigenvalue weighted by Gasteiger charge is -2.11. The normalized spacial score (nSPS) is 11.5. The van der Waals surface area contributed by atoms with Gasteiger partial charge in [0.2, 0.25) is 0 Å². The molecule has 1 aromatic heterocycles. The van der Waals surface area contributed by atoms with E-state index in [1.807, 2.05) is 23.7 Å². The number of guanidine groups is 1. The average molecular weight is 441 g/mol. The van der Waals surface area contributed by atoms with Gasteiger partial charge in [0.1, 0.15) is 0 Å². The number of aromatic nitrogens is 2. The first-order chi connectivity index (χ1) is 11.0. The molecule has 0 amide bonds. The maximum Gasteiger partial charge on any atom is 0.188 e. The number of nitrogens with zero attached hydrogens (tertiary/aromatic N) is 3. The lowest BCUT2D eigenvalue weighted by molar-refractivity contribution is 0.576. The van der Waals surface area contributed by atoms with Gasteiger partial charge in [-0.05, 0) is 43.9 Å². The Balaban J connectivity index is 0.00000288. The van der Waals surface area contributed by atoms with E-state index in [1.165, 1.54) is 0 Å². The third kappa shape index (κ3) is 5.81. The zero-order chi connectivity index (χ0) is 16.8. The second-order valence-corrected chi connectivity index (χ2v) is 6.28. The fourth-order valence-corrected chi connectivity index (χ4v) is 2.44. The molecule has 0 aliphatic rings. The first-order valence-electron chi connectivity index (χ1n) is 8.12. The molecule has 0 saturated heterocycles. The largest absolute Gasteiger partial charge is 0.370 e. The van der Waals surface area contributed by atoms with Gasteiger partial charge in [0, 0.05) is 12.2 Å². The summed E-state index contributed by atoms with van der Waals surface area (Å²) in [7, 11) is 0. The highest BCUT2D eigenvalue weighted by Crippen LogP contribution is 2.17. The average Bonchev–Trinajstić information content (AvgIpc) is 2.83. The van der Waals surface area contributed by atoms with Crippen LogP contribution in [0.4, 0.5) is 0 Å². The highest BCUT2D eigenvalue weighted by Gasteiger charge is 2.08. The van der Waals surface area contributed by atoms with E-state index in [0.717, 1.165) is 35.6 Å². The highest BCUT2D eigenvalue weighted by molar-refractivity contribution is 14.0. The lowest BCUT2D eigenvalue weighted by Crippen LogP contribution is -2.32. The summed E-state index contributed by atoms with van der Waals surface area (Å²) < 4.78 is 1.96. The minimum atomic E-state index is 0. The van der Waals surface area contributed by atoms with Crippen LogP contribution in [0.2, 0.25) is 0 Å². The van der Waals surface area contributed by atoms with Gasteiger partial charge in [-0.2, -0.15) is 5.10 Å². The van der Waals surface area contributed by atoms with Crippen molar-refractivity contribution in [1.29, 1.82) is 0 Å². The van der Waals surface area contributed by atoms with E-state index in [9.17, 15) is 0 Å². The van der Waals surface area contributed by atoms with E-state index < -0.39 is 0 Å². The lowest BCUT2D eigenvalue weighted by atomic mass is 10.1. The van der Waals surface area contributed by atoms with Gasteiger partial charge in [0.25, 0.3) is 0 Å². The second kappa shape index (κ2) is 9.66. The molecule has 0 saturated carbocycles. The minimum Gasteiger partial charge on any atom is -0.370 e. The van der Waals surface area contributed by atoms with E-state index in [0.29, 0.717) is 18.4 Å². The molecule has 6 heteroatoms. The van der Waals surface area contributed by atoms with E-state index in [-0.39, 0.29) is 24.0 Å². The number of aryl methyl sites for hydroxylation is 2. The van der Waals surface area contributed by atoms with Crippen LogP contribution in [0.3, 0.4) is 0 Å². The Labute approximate surface area is 161 Å². The number of nitrogens with two attached hydrogens (primary N) is 1. The fraction of sp³-hybridized carbons (Fsp3) is 0.444. The molecule has 1 aromatic carbocycles. The first-order valence-corrected chi connectivity index (χ1v) is 8.12. The first kappa shape index (κ1) is 20.5. The Kier molecular flexibility index (Phi) is 8.24. The molecule has 0 atom stereocenters. The molecule has 0 bridgehead atoms. The number of benzene rings is 1. The maximum atomic E-state index is 5.95. The Hall–Kier alpha value is -1.57. The molecular weight excluding hydrogens is 413 g/mol. The summed E-state index contributed by atoms with van der Waals surface area (Å²) in [6, 6.07) is 10.2. The van der Waals surface area contributed by atoms with Crippen LogP contribution in [-0.2, 0) is 6.54 Å². The van der Waals surface area contributed by atoms with E-state index in [2.05, 4.69) is 54.4 Å². The zero-order valence-electron chi connectivity index (χ0n) is 14.9. The standard InChI is InChI=1S/C18H27N5.HI/c1-13(2)9-10-20-18(19)21-12-16-7-5-6-8-17(16)23-15(4)11-14(3)22-23;/h5-8,11,13H,9-10,12H2,1-4H3,(H3,19,20,21);1H. The summed E-state index contributed by atoms with van der Waals surface area (Å²) in [5.41, 5.74) is 10.2. The minimum absolute atomic E-state index is 0. The molecule has 2 rings (SSSR count). The Morgan fingerprint density at radius 2 is 2.00 bits per heavy atom. The smallest absolute Gasteiger partial charge is 0.188 e. The van der Waals surface area contributed by atoms with Crippen molar-refractivity contribution in [2.75, 3.05) is 6.54 Å². The molecule has 5 nitrogen and oxygen atoms in total. The maximum absolute atomic E-state index is 5.95. The van der Waals surface area contributed by atoms with Gasteiger partial charge in [-0.15, -0.1) is 24.0 Å². The Morgan fingerprint density at radius 3 is 2.62 bits per heavy atom. The summed E-state index contributed by atoms with van der Waals surface area (Å²) in [6.07, 6.45) is 1.08. The summed E-state index contributed by atoms with van der Waals surface area (Å²) in [4.78, 5) is 4.46. The highest BCUT2D eigenvalue weighted by atomic mass is 127. The van der Waals surface area contributed by atoms with Crippen LogP contribution in [0.1, 0.15) is 37.2 Å². The van der Waals surface area contributed by atoms with Gasteiger partial charge in [0.05, 0.1) is 17.9 Å². The van der Waals surface area contributed by atoms with Crippen molar-refractivity contribution in [3.63, 3.8) is 0 Å². The number of rotatable bonds is 6. The van der Waals surface area contributed by atoms with Crippen LogP contribution in [0.5, 0.6) is 0 Å². The molecule has 3 N–H and O–H groups in total. The van der Waals surface area contributed by atoms with Gasteiger partial charge in [0.15, 0.2) is 5.96 Å². The predicted molar refractivity (Wildman–Crippen MR) is 111 cm³/mol. The topological polar surface area (TPSA) is 68.2 Å². The van der Waals surface area contributed by atoms with E-state index in [1.54, 1.807) is 0 Å². The van der Waals surface area contributed by atoms with Crippen molar-refractivity contribution in [2.45, 2.75) is 40.7 Å². The molecule has 2 aromatic rings. The number of nitrogens with one attached hydrogen (secondary N) is 1. The molecule has 0 aliphatic heterocycles. The van der Waals surface area contributed by atoms with Crippen molar-refractivity contribution >= 4 is 29.9 Å². The van der Waals surface area contributed by atoms with E-state index in [4.69, 9.17) is 5.73 Å². The quantitative estimate of drug-likeness (QED) is 0.409. The van der Waals surface area contributed by atoms with Crippen LogP contribution in [0.15, 0.2) is 35.3 Å². The number of halogens is 1. The van der Waals surface area contributed by atoms with Crippen molar-refractivity contribution in [3.05, 3.63) is 47.3 Å². The molecular formula is C18H28IN5. The SMILES string of the molecule is Cc1cc(C)n(-c2ccccc2CN=C(N)NCCC(C)C)n1.I. The van der Waals surface area contributed by atoms with Crippen LogP contribution in [-0.4, -0.2) is 22.3 Å². The molecule has 0 aliphatic carbocycles. The molecule has 0 fully saturated rings. The van der Waals surface area contributed by atoms with Crippen molar-refractivity contribution in [3.8, 4) is 5.69 Å². The van der Waals surface area contributed by atoms with Crippen molar-refractivity contribution < 1.29 is 0 Å². The van der Waals surface area contributed by atoms with E-state index >= 15 is 0 Å². The van der Waals surface area contributed by atoms with Gasteiger partial charge in [-0.1, -0.05) is 32.0 Å². The molecule has 132 valence electrons.